The molecule has 0 aliphatic heterocycles. The van der Waals surface area contributed by atoms with Gasteiger partial charge in [-0.1, -0.05) is 28.8 Å². The normalized spacial score (nSPS) is 11.3. The molecule has 0 saturated heterocycles. The van der Waals surface area contributed by atoms with Crippen molar-refractivity contribution in [2.45, 2.75) is 27.2 Å². The lowest BCUT2D eigenvalue weighted by molar-refractivity contribution is 0.403. The van der Waals surface area contributed by atoms with E-state index in [1.165, 1.54) is 0 Å². The molecule has 0 N–H and O–H groups in total. The van der Waals surface area contributed by atoms with Gasteiger partial charge in [-0.05, 0) is 31.6 Å². The van der Waals surface area contributed by atoms with E-state index in [0.717, 1.165) is 22.4 Å². The maximum atomic E-state index is 6.17. The van der Waals surface area contributed by atoms with Crippen molar-refractivity contribution >= 4 is 23.8 Å². The quantitative estimate of drug-likeness (QED) is 0.384. The highest BCUT2D eigenvalue weighted by Crippen LogP contribution is 2.31. The van der Waals surface area contributed by atoms with E-state index in [1.807, 2.05) is 32.9 Å². The second-order valence-electron chi connectivity index (χ2n) is 6.54. The van der Waals surface area contributed by atoms with Crippen LogP contribution in [0.15, 0.2) is 39.6 Å². The molecule has 4 rings (SSSR count). The molecule has 0 bridgehead atoms. The number of hydrogen-bond donors (Lipinski definition) is 0. The Hall–Kier alpha value is -3.52. The van der Waals surface area contributed by atoms with Crippen molar-refractivity contribution in [1.82, 2.24) is 25.3 Å². The maximum absolute atomic E-state index is 6.17. The van der Waals surface area contributed by atoms with Gasteiger partial charge < -0.3 is 13.8 Å². The van der Waals surface area contributed by atoms with Crippen LogP contribution in [0.4, 0.5) is 0 Å². The fourth-order valence-corrected chi connectivity index (χ4v) is 2.91. The topological polar surface area (TPSA) is 100.0 Å². The van der Waals surface area contributed by atoms with E-state index in [4.69, 9.17) is 25.4 Å². The molecule has 30 heavy (non-hydrogen) atoms. The second kappa shape index (κ2) is 8.46. The van der Waals surface area contributed by atoms with Gasteiger partial charge in [-0.2, -0.15) is 4.98 Å². The summed E-state index contributed by atoms with van der Waals surface area (Å²) in [6.45, 7) is 5.73. The van der Waals surface area contributed by atoms with E-state index in [2.05, 4.69) is 25.3 Å². The molecule has 0 fully saturated rings. The van der Waals surface area contributed by atoms with E-state index in [0.29, 0.717) is 35.5 Å². The molecule has 9 heteroatoms. The predicted molar refractivity (Wildman–Crippen MR) is 111 cm³/mol. The molecule has 8 nitrogen and oxygen atoms in total. The van der Waals surface area contributed by atoms with Gasteiger partial charge in [-0.15, -0.1) is 0 Å². The first kappa shape index (κ1) is 19.8. The lowest BCUT2D eigenvalue weighted by Gasteiger charge is -2.10. The second-order valence-corrected chi connectivity index (χ2v) is 6.93. The van der Waals surface area contributed by atoms with Gasteiger partial charge in [0.05, 0.1) is 11.9 Å². The van der Waals surface area contributed by atoms with Crippen molar-refractivity contribution in [3.8, 4) is 23.0 Å². The number of halogens is 1. The van der Waals surface area contributed by atoms with E-state index < -0.39 is 0 Å². The summed E-state index contributed by atoms with van der Waals surface area (Å²) in [7, 11) is 0. The Morgan fingerprint density at radius 3 is 2.63 bits per heavy atom. The minimum absolute atomic E-state index is 0.279. The summed E-state index contributed by atoms with van der Waals surface area (Å²) in [5.41, 5.74) is 3.20. The monoisotopic (exact) mass is 423 g/mol. The first-order valence-corrected chi connectivity index (χ1v) is 9.64. The van der Waals surface area contributed by atoms with E-state index in [-0.39, 0.29) is 5.15 Å². The van der Waals surface area contributed by atoms with Crippen molar-refractivity contribution < 1.29 is 13.8 Å². The fraction of sp³-hybridized carbons (Fsp3) is 0.190. The number of pyridine rings is 2. The molecule has 0 saturated carbocycles. The SMILES string of the molecule is CCc1noc(/C=C/c2cncc(Oc3cc(-c4cc(C)no4)cc(Cl)n3)c2C)n1. The minimum Gasteiger partial charge on any atom is -0.437 e. The molecule has 0 amide bonds. The lowest BCUT2D eigenvalue weighted by atomic mass is 10.1. The maximum Gasteiger partial charge on any atom is 0.250 e. The summed E-state index contributed by atoms with van der Waals surface area (Å²) in [4.78, 5) is 12.7. The van der Waals surface area contributed by atoms with Crippen molar-refractivity contribution in [3.63, 3.8) is 0 Å². The molecule has 0 aromatic carbocycles. The molecular weight excluding hydrogens is 406 g/mol. The molecule has 0 aliphatic carbocycles. The number of nitrogens with zero attached hydrogens (tertiary/aromatic N) is 5. The molecule has 4 aromatic rings. The third-order valence-corrected chi connectivity index (χ3v) is 4.50. The summed E-state index contributed by atoms with van der Waals surface area (Å²) in [5, 5.41) is 8.05. The number of hydrogen-bond acceptors (Lipinski definition) is 8. The molecule has 4 heterocycles. The van der Waals surface area contributed by atoms with Gasteiger partial charge in [0, 0.05) is 42.0 Å². The summed E-state index contributed by atoms with van der Waals surface area (Å²) < 4.78 is 16.4. The van der Waals surface area contributed by atoms with Crippen LogP contribution in [0.1, 0.15) is 35.5 Å². The zero-order valence-corrected chi connectivity index (χ0v) is 17.3. The zero-order chi connectivity index (χ0) is 21.1. The Morgan fingerprint density at radius 1 is 1.03 bits per heavy atom. The predicted octanol–water partition coefficient (Wildman–Crippen LogP) is 5.31. The van der Waals surface area contributed by atoms with Gasteiger partial charge >= 0.3 is 0 Å². The van der Waals surface area contributed by atoms with Gasteiger partial charge in [0.2, 0.25) is 5.88 Å². The van der Waals surface area contributed by atoms with Crippen LogP contribution in [0.5, 0.6) is 11.6 Å². The van der Waals surface area contributed by atoms with Gasteiger partial charge in [-0.25, -0.2) is 4.98 Å². The van der Waals surface area contributed by atoms with Gasteiger partial charge in [0.25, 0.3) is 5.89 Å². The average molecular weight is 424 g/mol. The third kappa shape index (κ3) is 4.38. The van der Waals surface area contributed by atoms with Crippen LogP contribution in [-0.4, -0.2) is 25.3 Å². The smallest absolute Gasteiger partial charge is 0.250 e. The van der Waals surface area contributed by atoms with Gasteiger partial charge in [0.1, 0.15) is 5.15 Å². The lowest BCUT2D eigenvalue weighted by Crippen LogP contribution is -1.94. The Bertz CT molecular complexity index is 1220. The Morgan fingerprint density at radius 2 is 1.90 bits per heavy atom. The minimum atomic E-state index is 0.279. The Balaban J connectivity index is 1.59. The molecule has 152 valence electrons. The van der Waals surface area contributed by atoms with Crippen LogP contribution in [0, 0.1) is 13.8 Å². The zero-order valence-electron chi connectivity index (χ0n) is 16.6. The summed E-state index contributed by atoms with van der Waals surface area (Å²) >= 11 is 6.17. The van der Waals surface area contributed by atoms with Gasteiger partial charge in [0.15, 0.2) is 17.3 Å². The van der Waals surface area contributed by atoms with Crippen LogP contribution in [0.2, 0.25) is 5.15 Å². The van der Waals surface area contributed by atoms with Crippen LogP contribution in [-0.2, 0) is 6.42 Å². The van der Waals surface area contributed by atoms with Crippen LogP contribution >= 0.6 is 11.6 Å². The molecule has 0 aliphatic rings. The standard InChI is InChI=1S/C21H18ClN5O3/c1-4-19-25-20(30-27-19)6-5-14-10-23-11-17(13(14)3)28-21-9-15(8-18(22)24-21)16-7-12(2)26-29-16/h5-11H,4H2,1-3H3/b6-5+. The van der Waals surface area contributed by atoms with Crippen molar-refractivity contribution in [2.75, 3.05) is 0 Å². The summed E-state index contributed by atoms with van der Waals surface area (Å²) in [6, 6.07) is 5.24. The largest absolute Gasteiger partial charge is 0.437 e. The van der Waals surface area contributed by atoms with Crippen LogP contribution in [0.25, 0.3) is 23.5 Å². The summed E-state index contributed by atoms with van der Waals surface area (Å²) in [5.74, 6) is 2.54. The van der Waals surface area contributed by atoms with Gasteiger partial charge in [-0.3, -0.25) is 4.98 Å². The van der Waals surface area contributed by atoms with Crippen molar-refractivity contribution in [2.24, 2.45) is 0 Å². The number of rotatable bonds is 6. The molecule has 4 aromatic heterocycles. The first-order chi connectivity index (χ1) is 14.5. The number of ether oxygens (including phenoxy) is 1. The number of aromatic nitrogens is 5. The molecule has 0 radical (unpaired) electrons. The first-order valence-electron chi connectivity index (χ1n) is 9.26. The highest BCUT2D eigenvalue weighted by atomic mass is 35.5. The van der Waals surface area contributed by atoms with Crippen LogP contribution in [0.3, 0.4) is 0 Å². The molecule has 0 unspecified atom stereocenters. The van der Waals surface area contributed by atoms with Crippen molar-refractivity contribution in [1.29, 1.82) is 0 Å². The fourth-order valence-electron chi connectivity index (χ4n) is 2.71. The number of aryl methyl sites for hydroxylation is 2. The van der Waals surface area contributed by atoms with Crippen LogP contribution < -0.4 is 4.74 Å². The van der Waals surface area contributed by atoms with E-state index >= 15 is 0 Å². The highest BCUT2D eigenvalue weighted by molar-refractivity contribution is 6.29. The third-order valence-electron chi connectivity index (χ3n) is 4.31. The Kier molecular flexibility index (Phi) is 5.58. The van der Waals surface area contributed by atoms with E-state index in [9.17, 15) is 0 Å². The summed E-state index contributed by atoms with van der Waals surface area (Å²) in [6.07, 6.45) is 7.64. The average Bonchev–Trinajstić information content (AvgIpc) is 3.37. The Labute approximate surface area is 177 Å². The highest BCUT2D eigenvalue weighted by Gasteiger charge is 2.12. The van der Waals surface area contributed by atoms with Crippen molar-refractivity contribution in [3.05, 3.63) is 64.3 Å². The van der Waals surface area contributed by atoms with E-state index in [1.54, 1.807) is 30.6 Å². The molecule has 0 spiro atoms. The molecular formula is C21H18ClN5O3. The molecule has 0 atom stereocenters.